The van der Waals surface area contributed by atoms with Gasteiger partial charge in [-0.15, -0.1) is 0 Å². The number of aromatic nitrogens is 2. The van der Waals surface area contributed by atoms with E-state index in [1.165, 1.54) is 0 Å². The SMILES string of the molecule is CCCC(C(=O)OCC)c1nccn1C. The van der Waals surface area contributed by atoms with Gasteiger partial charge in [0.05, 0.1) is 6.61 Å². The highest BCUT2D eigenvalue weighted by Gasteiger charge is 2.24. The molecule has 0 N–H and O–H groups in total. The van der Waals surface area contributed by atoms with Crippen molar-refractivity contribution in [3.63, 3.8) is 0 Å². The van der Waals surface area contributed by atoms with Gasteiger partial charge in [-0.25, -0.2) is 4.98 Å². The average Bonchev–Trinajstić information content (AvgIpc) is 2.61. The zero-order chi connectivity index (χ0) is 11.3. The lowest BCUT2D eigenvalue weighted by Crippen LogP contribution is -2.19. The van der Waals surface area contributed by atoms with E-state index in [2.05, 4.69) is 11.9 Å². The van der Waals surface area contributed by atoms with E-state index < -0.39 is 0 Å². The van der Waals surface area contributed by atoms with E-state index in [1.807, 2.05) is 24.7 Å². The molecule has 0 amide bonds. The summed E-state index contributed by atoms with van der Waals surface area (Å²) in [7, 11) is 1.89. The van der Waals surface area contributed by atoms with Gasteiger partial charge in [0, 0.05) is 19.4 Å². The first-order chi connectivity index (χ1) is 7.20. The van der Waals surface area contributed by atoms with Gasteiger partial charge in [0.2, 0.25) is 0 Å². The van der Waals surface area contributed by atoms with Crippen molar-refractivity contribution in [2.24, 2.45) is 7.05 Å². The van der Waals surface area contributed by atoms with Crippen LogP contribution in [0.1, 0.15) is 38.4 Å². The van der Waals surface area contributed by atoms with Crippen LogP contribution in [0, 0.1) is 0 Å². The fourth-order valence-electron chi connectivity index (χ4n) is 1.60. The van der Waals surface area contributed by atoms with Gasteiger partial charge in [0.15, 0.2) is 0 Å². The van der Waals surface area contributed by atoms with E-state index in [1.54, 1.807) is 6.20 Å². The van der Waals surface area contributed by atoms with Crippen molar-refractivity contribution < 1.29 is 9.53 Å². The fraction of sp³-hybridized carbons (Fsp3) is 0.636. The lowest BCUT2D eigenvalue weighted by Gasteiger charge is -2.14. The van der Waals surface area contributed by atoms with Gasteiger partial charge in [-0.05, 0) is 13.3 Å². The summed E-state index contributed by atoms with van der Waals surface area (Å²) in [6.45, 7) is 4.29. The Bertz CT molecular complexity index is 320. The highest BCUT2D eigenvalue weighted by molar-refractivity contribution is 5.77. The first kappa shape index (κ1) is 11.8. The third-order valence-corrected chi connectivity index (χ3v) is 2.32. The summed E-state index contributed by atoms with van der Waals surface area (Å²) in [6.07, 6.45) is 5.27. The molecule has 0 spiro atoms. The molecular weight excluding hydrogens is 192 g/mol. The Balaban J connectivity index is 2.83. The van der Waals surface area contributed by atoms with Crippen LogP contribution in [-0.2, 0) is 16.6 Å². The number of ether oxygens (including phenoxy) is 1. The molecule has 0 bridgehead atoms. The number of esters is 1. The molecule has 4 nitrogen and oxygen atoms in total. The maximum Gasteiger partial charge on any atom is 0.316 e. The van der Waals surface area contributed by atoms with Gasteiger partial charge >= 0.3 is 5.97 Å². The van der Waals surface area contributed by atoms with Crippen molar-refractivity contribution >= 4 is 5.97 Å². The number of imidazole rings is 1. The van der Waals surface area contributed by atoms with Crippen LogP contribution in [-0.4, -0.2) is 22.1 Å². The molecule has 1 heterocycles. The first-order valence-electron chi connectivity index (χ1n) is 5.34. The molecule has 1 unspecified atom stereocenters. The van der Waals surface area contributed by atoms with Gasteiger partial charge in [0.25, 0.3) is 0 Å². The van der Waals surface area contributed by atoms with E-state index in [-0.39, 0.29) is 11.9 Å². The van der Waals surface area contributed by atoms with Crippen molar-refractivity contribution in [2.45, 2.75) is 32.6 Å². The van der Waals surface area contributed by atoms with E-state index in [4.69, 9.17) is 4.74 Å². The Kier molecular flexibility index (Phi) is 4.34. The fourth-order valence-corrected chi connectivity index (χ4v) is 1.60. The summed E-state index contributed by atoms with van der Waals surface area (Å²) in [5.74, 6) is 0.388. The molecule has 15 heavy (non-hydrogen) atoms. The molecule has 0 saturated heterocycles. The molecule has 0 fully saturated rings. The molecule has 4 heteroatoms. The van der Waals surface area contributed by atoms with Crippen LogP contribution in [0.3, 0.4) is 0 Å². The Morgan fingerprint density at radius 2 is 2.33 bits per heavy atom. The molecular formula is C11H18N2O2. The van der Waals surface area contributed by atoms with Crippen LogP contribution in [0.4, 0.5) is 0 Å². The van der Waals surface area contributed by atoms with E-state index in [9.17, 15) is 4.79 Å². The minimum atomic E-state index is -0.227. The number of hydrogen-bond donors (Lipinski definition) is 0. The number of rotatable bonds is 5. The molecule has 0 saturated carbocycles. The Morgan fingerprint density at radius 1 is 1.60 bits per heavy atom. The van der Waals surface area contributed by atoms with Crippen molar-refractivity contribution in [2.75, 3.05) is 6.61 Å². The van der Waals surface area contributed by atoms with Gasteiger partial charge in [0.1, 0.15) is 11.7 Å². The molecule has 84 valence electrons. The van der Waals surface area contributed by atoms with Crippen molar-refractivity contribution in [1.82, 2.24) is 9.55 Å². The van der Waals surface area contributed by atoms with Gasteiger partial charge in [-0.1, -0.05) is 13.3 Å². The average molecular weight is 210 g/mol. The zero-order valence-corrected chi connectivity index (χ0v) is 9.56. The van der Waals surface area contributed by atoms with E-state index in [0.29, 0.717) is 6.61 Å². The maximum absolute atomic E-state index is 11.7. The summed E-state index contributed by atoms with van der Waals surface area (Å²) in [6, 6.07) is 0. The molecule has 1 rings (SSSR count). The number of carbonyl (C=O) groups is 1. The Morgan fingerprint density at radius 3 is 2.80 bits per heavy atom. The van der Waals surface area contributed by atoms with Crippen LogP contribution < -0.4 is 0 Å². The highest BCUT2D eigenvalue weighted by atomic mass is 16.5. The Hall–Kier alpha value is -1.32. The third kappa shape index (κ3) is 2.81. The smallest absolute Gasteiger partial charge is 0.316 e. The normalized spacial score (nSPS) is 12.5. The van der Waals surface area contributed by atoms with Gasteiger partial charge in [-0.3, -0.25) is 4.79 Å². The summed E-state index contributed by atoms with van der Waals surface area (Å²) in [5, 5.41) is 0. The number of hydrogen-bond acceptors (Lipinski definition) is 3. The summed E-state index contributed by atoms with van der Waals surface area (Å²) < 4.78 is 6.92. The summed E-state index contributed by atoms with van der Waals surface area (Å²) >= 11 is 0. The van der Waals surface area contributed by atoms with Crippen LogP contribution >= 0.6 is 0 Å². The summed E-state index contributed by atoms with van der Waals surface area (Å²) in [5.41, 5.74) is 0. The largest absolute Gasteiger partial charge is 0.465 e. The standard InChI is InChI=1S/C11H18N2O2/c1-4-6-9(11(14)15-5-2)10-12-7-8-13(10)3/h7-9H,4-6H2,1-3H3. The van der Waals surface area contributed by atoms with Crippen LogP contribution in [0.15, 0.2) is 12.4 Å². The monoisotopic (exact) mass is 210 g/mol. The maximum atomic E-state index is 11.7. The van der Waals surface area contributed by atoms with Crippen molar-refractivity contribution in [3.8, 4) is 0 Å². The first-order valence-corrected chi connectivity index (χ1v) is 5.34. The number of carbonyl (C=O) groups excluding carboxylic acids is 1. The summed E-state index contributed by atoms with van der Waals surface area (Å²) in [4.78, 5) is 15.9. The zero-order valence-electron chi connectivity index (χ0n) is 9.56. The second-order valence-electron chi connectivity index (χ2n) is 3.49. The van der Waals surface area contributed by atoms with Crippen molar-refractivity contribution in [3.05, 3.63) is 18.2 Å². The van der Waals surface area contributed by atoms with E-state index in [0.717, 1.165) is 18.7 Å². The highest BCUT2D eigenvalue weighted by Crippen LogP contribution is 2.20. The van der Waals surface area contributed by atoms with Crippen LogP contribution in [0.2, 0.25) is 0 Å². The van der Waals surface area contributed by atoms with Crippen molar-refractivity contribution in [1.29, 1.82) is 0 Å². The van der Waals surface area contributed by atoms with Gasteiger partial charge in [-0.2, -0.15) is 0 Å². The lowest BCUT2D eigenvalue weighted by molar-refractivity contribution is -0.145. The molecule has 1 aromatic heterocycles. The molecule has 1 atom stereocenters. The van der Waals surface area contributed by atoms with Gasteiger partial charge < -0.3 is 9.30 Å². The molecule has 0 aliphatic carbocycles. The molecule has 0 aromatic carbocycles. The second-order valence-corrected chi connectivity index (χ2v) is 3.49. The predicted octanol–water partition coefficient (Wildman–Crippen LogP) is 1.87. The number of aryl methyl sites for hydroxylation is 1. The minimum absolute atomic E-state index is 0.173. The molecule has 1 aromatic rings. The second kappa shape index (κ2) is 5.53. The molecule has 0 aliphatic rings. The number of nitrogens with zero attached hydrogens (tertiary/aromatic N) is 2. The topological polar surface area (TPSA) is 44.1 Å². The minimum Gasteiger partial charge on any atom is -0.465 e. The Labute approximate surface area is 90.3 Å². The third-order valence-electron chi connectivity index (χ3n) is 2.32. The lowest BCUT2D eigenvalue weighted by atomic mass is 10.0. The predicted molar refractivity (Wildman–Crippen MR) is 57.5 cm³/mol. The van der Waals surface area contributed by atoms with E-state index >= 15 is 0 Å². The molecule has 0 aliphatic heterocycles. The molecule has 0 radical (unpaired) electrons. The van der Waals surface area contributed by atoms with Crippen LogP contribution in [0.5, 0.6) is 0 Å². The quantitative estimate of drug-likeness (QED) is 0.697. The van der Waals surface area contributed by atoms with Crippen LogP contribution in [0.25, 0.3) is 0 Å².